The van der Waals surface area contributed by atoms with Gasteiger partial charge in [-0.05, 0) is 67.3 Å². The lowest BCUT2D eigenvalue weighted by Gasteiger charge is -2.42. The van der Waals surface area contributed by atoms with Crippen LogP contribution in [0, 0.1) is 11.6 Å². The quantitative estimate of drug-likeness (QED) is 0.579. The molecule has 1 saturated heterocycles. The molecule has 1 aliphatic rings. The second-order valence-electron chi connectivity index (χ2n) is 5.72. The maximum atomic E-state index is 14.2. The van der Waals surface area contributed by atoms with Gasteiger partial charge in [-0.1, -0.05) is 13.3 Å². The van der Waals surface area contributed by atoms with Gasteiger partial charge in [-0.25, -0.2) is 8.78 Å². The van der Waals surface area contributed by atoms with E-state index in [0.29, 0.717) is 6.42 Å². The zero-order valence-electron chi connectivity index (χ0n) is 12.4. The van der Waals surface area contributed by atoms with Crippen LogP contribution in [0.1, 0.15) is 49.9 Å². The standard InChI is InChI=1S/C16H20BrF2NO/c1-3-16(2,20-9-5-4-6-10-20)15(21)13-12(18)8-7-11(17)14(13)19/h7-8H,3-6,9-10H2,1-2H3. The molecule has 21 heavy (non-hydrogen) atoms. The van der Waals surface area contributed by atoms with Gasteiger partial charge in [0.15, 0.2) is 11.6 Å². The van der Waals surface area contributed by atoms with Crippen molar-refractivity contribution in [3.05, 3.63) is 33.8 Å². The Morgan fingerprint density at radius 3 is 2.48 bits per heavy atom. The van der Waals surface area contributed by atoms with E-state index in [2.05, 4.69) is 20.8 Å². The van der Waals surface area contributed by atoms with Crippen molar-refractivity contribution in [2.24, 2.45) is 0 Å². The van der Waals surface area contributed by atoms with E-state index in [9.17, 15) is 13.6 Å². The predicted octanol–water partition coefficient (Wildman–Crippen LogP) is 4.56. The van der Waals surface area contributed by atoms with Gasteiger partial charge in [0.25, 0.3) is 0 Å². The number of carbonyl (C=O) groups excluding carboxylic acids is 1. The smallest absolute Gasteiger partial charge is 0.188 e. The van der Waals surface area contributed by atoms with Crippen molar-refractivity contribution in [1.29, 1.82) is 0 Å². The molecular weight excluding hydrogens is 340 g/mol. The van der Waals surface area contributed by atoms with E-state index in [1.165, 1.54) is 6.07 Å². The molecule has 1 unspecified atom stereocenters. The van der Waals surface area contributed by atoms with Gasteiger partial charge in [-0.15, -0.1) is 0 Å². The van der Waals surface area contributed by atoms with E-state index < -0.39 is 28.5 Å². The fourth-order valence-electron chi connectivity index (χ4n) is 2.92. The average Bonchev–Trinajstić information content (AvgIpc) is 2.51. The Labute approximate surface area is 132 Å². The normalized spacial score (nSPS) is 19.3. The zero-order valence-corrected chi connectivity index (χ0v) is 14.0. The molecule has 1 fully saturated rings. The molecule has 1 heterocycles. The Hall–Kier alpha value is -0.810. The second-order valence-corrected chi connectivity index (χ2v) is 6.58. The molecule has 1 aliphatic heterocycles. The maximum absolute atomic E-state index is 14.2. The Morgan fingerprint density at radius 2 is 1.90 bits per heavy atom. The summed E-state index contributed by atoms with van der Waals surface area (Å²) < 4.78 is 28.4. The maximum Gasteiger partial charge on any atom is 0.188 e. The average molecular weight is 360 g/mol. The molecule has 0 saturated carbocycles. The molecule has 0 radical (unpaired) electrons. The monoisotopic (exact) mass is 359 g/mol. The summed E-state index contributed by atoms with van der Waals surface area (Å²) in [5.41, 5.74) is -1.29. The molecule has 0 bridgehead atoms. The van der Waals surface area contributed by atoms with E-state index in [1.54, 1.807) is 6.92 Å². The highest BCUT2D eigenvalue weighted by Crippen LogP contribution is 2.31. The minimum absolute atomic E-state index is 0.115. The molecule has 5 heteroatoms. The zero-order chi connectivity index (χ0) is 15.6. The van der Waals surface area contributed by atoms with Gasteiger partial charge in [-0.2, -0.15) is 0 Å². The molecule has 1 aromatic carbocycles. The van der Waals surface area contributed by atoms with Crippen LogP contribution in [0.4, 0.5) is 8.78 Å². The highest BCUT2D eigenvalue weighted by molar-refractivity contribution is 9.10. The molecule has 1 atom stereocenters. The van der Waals surface area contributed by atoms with Gasteiger partial charge in [0, 0.05) is 0 Å². The van der Waals surface area contributed by atoms with Crippen molar-refractivity contribution in [2.75, 3.05) is 13.1 Å². The fourth-order valence-corrected chi connectivity index (χ4v) is 3.25. The number of halogens is 3. The summed E-state index contributed by atoms with van der Waals surface area (Å²) in [4.78, 5) is 14.9. The third-order valence-electron chi connectivity index (χ3n) is 4.50. The van der Waals surface area contributed by atoms with Crippen molar-refractivity contribution in [3.63, 3.8) is 0 Å². The fraction of sp³-hybridized carbons (Fsp3) is 0.562. The molecule has 1 aromatic rings. The molecular formula is C16H20BrF2NO. The van der Waals surface area contributed by atoms with Gasteiger partial charge in [0.2, 0.25) is 0 Å². The van der Waals surface area contributed by atoms with Crippen LogP contribution in [0.2, 0.25) is 0 Å². The van der Waals surface area contributed by atoms with Gasteiger partial charge in [-0.3, -0.25) is 9.69 Å². The first-order valence-corrected chi connectivity index (χ1v) is 8.14. The van der Waals surface area contributed by atoms with Gasteiger partial charge < -0.3 is 0 Å². The van der Waals surface area contributed by atoms with Crippen LogP contribution in [0.25, 0.3) is 0 Å². The summed E-state index contributed by atoms with van der Waals surface area (Å²) in [6.07, 6.45) is 3.71. The largest absolute Gasteiger partial charge is 0.292 e. The van der Waals surface area contributed by atoms with Crippen LogP contribution >= 0.6 is 15.9 Å². The number of rotatable bonds is 4. The van der Waals surface area contributed by atoms with Crippen molar-refractivity contribution >= 4 is 21.7 Å². The second kappa shape index (κ2) is 6.53. The van der Waals surface area contributed by atoms with Crippen LogP contribution in [0.15, 0.2) is 16.6 Å². The number of hydrogen-bond donors (Lipinski definition) is 0. The molecule has 2 rings (SSSR count). The first kappa shape index (κ1) is 16.6. The topological polar surface area (TPSA) is 20.3 Å². The van der Waals surface area contributed by atoms with Crippen LogP contribution in [0.3, 0.4) is 0 Å². The first-order valence-electron chi connectivity index (χ1n) is 7.35. The van der Waals surface area contributed by atoms with Crippen molar-refractivity contribution < 1.29 is 13.6 Å². The van der Waals surface area contributed by atoms with Crippen molar-refractivity contribution in [3.8, 4) is 0 Å². The lowest BCUT2D eigenvalue weighted by Crippen LogP contribution is -2.54. The van der Waals surface area contributed by atoms with E-state index >= 15 is 0 Å². The number of piperidine rings is 1. The number of hydrogen-bond acceptors (Lipinski definition) is 2. The Morgan fingerprint density at radius 1 is 1.29 bits per heavy atom. The molecule has 0 N–H and O–H groups in total. The van der Waals surface area contributed by atoms with Gasteiger partial charge >= 0.3 is 0 Å². The van der Waals surface area contributed by atoms with E-state index in [1.807, 2.05) is 6.92 Å². The Bertz CT molecular complexity index is 543. The van der Waals surface area contributed by atoms with Crippen LogP contribution in [-0.4, -0.2) is 29.3 Å². The summed E-state index contributed by atoms with van der Waals surface area (Å²) >= 11 is 3.03. The van der Waals surface area contributed by atoms with Crippen LogP contribution in [-0.2, 0) is 0 Å². The number of benzene rings is 1. The molecule has 0 amide bonds. The Kier molecular flexibility index (Phi) is 5.15. The predicted molar refractivity (Wildman–Crippen MR) is 82.5 cm³/mol. The molecule has 0 spiro atoms. The molecule has 2 nitrogen and oxygen atoms in total. The Balaban J connectivity index is 2.43. The first-order chi connectivity index (χ1) is 9.91. The third-order valence-corrected chi connectivity index (χ3v) is 5.12. The lowest BCUT2D eigenvalue weighted by atomic mass is 9.85. The van der Waals surface area contributed by atoms with E-state index in [0.717, 1.165) is 38.4 Å². The number of Topliss-reactive ketones (excluding diaryl/α,β-unsaturated/α-hetero) is 1. The van der Waals surface area contributed by atoms with Crippen molar-refractivity contribution in [2.45, 2.75) is 45.1 Å². The summed E-state index contributed by atoms with van der Waals surface area (Å²) in [5, 5.41) is 0. The number of likely N-dealkylation sites (tertiary alicyclic amines) is 1. The molecule has 116 valence electrons. The molecule has 0 aliphatic carbocycles. The highest BCUT2D eigenvalue weighted by atomic mass is 79.9. The minimum atomic E-state index is -0.858. The van der Waals surface area contributed by atoms with Gasteiger partial charge in [0.05, 0.1) is 15.6 Å². The van der Waals surface area contributed by atoms with Crippen molar-refractivity contribution in [1.82, 2.24) is 4.90 Å². The number of nitrogens with zero attached hydrogens (tertiary/aromatic N) is 1. The van der Waals surface area contributed by atoms with Gasteiger partial charge in [0.1, 0.15) is 5.82 Å². The molecule has 0 aromatic heterocycles. The number of ketones is 1. The highest BCUT2D eigenvalue weighted by Gasteiger charge is 2.41. The van der Waals surface area contributed by atoms with Crippen LogP contribution in [0.5, 0.6) is 0 Å². The summed E-state index contributed by atoms with van der Waals surface area (Å²) in [5.74, 6) is -2.07. The van der Waals surface area contributed by atoms with E-state index in [-0.39, 0.29) is 4.47 Å². The summed E-state index contributed by atoms with van der Waals surface area (Å²) in [7, 11) is 0. The third kappa shape index (κ3) is 3.04. The SMILES string of the molecule is CCC(C)(C(=O)c1c(F)ccc(Br)c1F)N1CCCCC1. The van der Waals surface area contributed by atoms with E-state index in [4.69, 9.17) is 0 Å². The summed E-state index contributed by atoms with van der Waals surface area (Å²) in [6, 6.07) is 2.41. The summed E-state index contributed by atoms with van der Waals surface area (Å²) in [6.45, 7) is 5.28. The lowest BCUT2D eigenvalue weighted by molar-refractivity contribution is 0.0497. The van der Waals surface area contributed by atoms with Crippen LogP contribution < -0.4 is 0 Å². The number of carbonyl (C=O) groups is 1. The minimum Gasteiger partial charge on any atom is -0.292 e.